The molecule has 2 aliphatic heterocycles. The fourth-order valence-corrected chi connectivity index (χ4v) is 3.16. The Morgan fingerprint density at radius 3 is 2.56 bits per heavy atom. The van der Waals surface area contributed by atoms with Crippen LogP contribution in [0.1, 0.15) is 39.7 Å². The molecule has 0 aromatic heterocycles. The molecule has 2 aliphatic rings. The molecule has 2 atom stereocenters. The van der Waals surface area contributed by atoms with E-state index in [1.54, 1.807) is 18.2 Å². The van der Waals surface area contributed by atoms with E-state index in [0.717, 1.165) is 0 Å². The first-order valence-electron chi connectivity index (χ1n) is 9.06. The quantitative estimate of drug-likeness (QED) is 0.594. The predicted molar refractivity (Wildman–Crippen MR) is 98.4 cm³/mol. The Morgan fingerprint density at radius 1 is 1.33 bits per heavy atom. The molecular weight excluding hydrogens is 350 g/mol. The zero-order valence-corrected chi connectivity index (χ0v) is 16.1. The van der Waals surface area contributed by atoms with Gasteiger partial charge in [-0.1, -0.05) is 6.07 Å². The molecule has 1 aromatic carbocycles. The molecule has 8 heteroatoms. The van der Waals surface area contributed by atoms with Crippen LogP contribution in [0, 0.1) is 11.3 Å². The van der Waals surface area contributed by atoms with Crippen molar-refractivity contribution in [2.75, 3.05) is 13.1 Å². The van der Waals surface area contributed by atoms with Gasteiger partial charge in [0, 0.05) is 13.0 Å². The van der Waals surface area contributed by atoms with Crippen molar-refractivity contribution < 1.29 is 23.2 Å². The van der Waals surface area contributed by atoms with E-state index in [1.165, 1.54) is 4.90 Å². The highest BCUT2D eigenvalue weighted by molar-refractivity contribution is 6.62. The molecule has 2 saturated heterocycles. The van der Waals surface area contributed by atoms with E-state index in [2.05, 4.69) is 6.07 Å². The van der Waals surface area contributed by atoms with Gasteiger partial charge in [-0.15, -0.1) is 0 Å². The maximum Gasteiger partial charge on any atom is 0.494 e. The molecule has 0 saturated carbocycles. The summed E-state index contributed by atoms with van der Waals surface area (Å²) in [5.74, 6) is 0.324. The Morgan fingerprint density at radius 2 is 2.00 bits per heavy atom. The number of amides is 1. The number of carbonyl (C=O) groups is 1. The van der Waals surface area contributed by atoms with Gasteiger partial charge in [0.25, 0.3) is 0 Å². The lowest BCUT2D eigenvalue weighted by Gasteiger charge is -2.32. The van der Waals surface area contributed by atoms with E-state index in [0.29, 0.717) is 36.2 Å². The normalized spacial score (nSPS) is 26.5. The lowest BCUT2D eigenvalue weighted by Crippen LogP contribution is -2.46. The van der Waals surface area contributed by atoms with Crippen LogP contribution >= 0.6 is 0 Å². The van der Waals surface area contributed by atoms with Gasteiger partial charge in [0.05, 0.1) is 23.3 Å². The van der Waals surface area contributed by atoms with Crippen LogP contribution in [0.15, 0.2) is 18.2 Å². The average Bonchev–Trinajstić information content (AvgIpc) is 2.84. The molecule has 2 heterocycles. The van der Waals surface area contributed by atoms with Crippen LogP contribution in [0.5, 0.6) is 5.75 Å². The zero-order valence-electron chi connectivity index (χ0n) is 16.1. The molecule has 0 radical (unpaired) electrons. The predicted octanol–water partition coefficient (Wildman–Crippen LogP) is 1.81. The van der Waals surface area contributed by atoms with E-state index >= 15 is 0 Å². The summed E-state index contributed by atoms with van der Waals surface area (Å²) in [6.45, 7) is 8.28. The molecule has 6 nitrogen and oxygen atoms in total. The SMILES string of the molecule is CC1(C)OB(c2ccc(O[C@H]3CCN(C=O)C[C@@H]3F)c(C#N)c2)OC1(C)C. The number of carbonyl (C=O) groups excluding carboxylic acids is 1. The lowest BCUT2D eigenvalue weighted by atomic mass is 9.78. The van der Waals surface area contributed by atoms with Crippen molar-refractivity contribution in [1.82, 2.24) is 4.90 Å². The zero-order chi connectivity index (χ0) is 19.8. The van der Waals surface area contributed by atoms with Gasteiger partial charge in [-0.3, -0.25) is 4.79 Å². The molecule has 0 unspecified atom stereocenters. The molecule has 2 fully saturated rings. The van der Waals surface area contributed by atoms with Crippen LogP contribution in [0.25, 0.3) is 0 Å². The number of hydrogen-bond donors (Lipinski definition) is 0. The van der Waals surface area contributed by atoms with Crippen molar-refractivity contribution >= 4 is 19.0 Å². The summed E-state index contributed by atoms with van der Waals surface area (Å²) in [4.78, 5) is 12.2. The Labute approximate surface area is 159 Å². The van der Waals surface area contributed by atoms with Crippen molar-refractivity contribution in [1.29, 1.82) is 5.26 Å². The Kier molecular flexibility index (Phi) is 5.19. The molecule has 144 valence electrons. The highest BCUT2D eigenvalue weighted by atomic mass is 19.1. The van der Waals surface area contributed by atoms with Gasteiger partial charge in [-0.25, -0.2) is 4.39 Å². The minimum absolute atomic E-state index is 0.00204. The highest BCUT2D eigenvalue weighted by Gasteiger charge is 2.51. The third-order valence-corrected chi connectivity index (χ3v) is 5.59. The van der Waals surface area contributed by atoms with Crippen LogP contribution in [0.3, 0.4) is 0 Å². The molecular formula is C19H24BFN2O4. The summed E-state index contributed by atoms with van der Waals surface area (Å²) in [5.41, 5.74) is 0.0544. The number of benzene rings is 1. The minimum atomic E-state index is -1.29. The van der Waals surface area contributed by atoms with E-state index in [4.69, 9.17) is 14.0 Å². The first kappa shape index (κ1) is 19.7. The van der Waals surface area contributed by atoms with Gasteiger partial charge in [0.15, 0.2) is 6.17 Å². The molecule has 0 N–H and O–H groups in total. The summed E-state index contributed by atoms with van der Waals surface area (Å²) < 4.78 is 32.0. The average molecular weight is 374 g/mol. The maximum absolute atomic E-state index is 14.3. The molecule has 0 spiro atoms. The van der Waals surface area contributed by atoms with Crippen LogP contribution in [-0.4, -0.2) is 55.0 Å². The van der Waals surface area contributed by atoms with Crippen LogP contribution in [0.4, 0.5) is 4.39 Å². The van der Waals surface area contributed by atoms with Gasteiger partial charge < -0.3 is 18.9 Å². The second-order valence-electron chi connectivity index (χ2n) is 8.02. The second-order valence-corrected chi connectivity index (χ2v) is 8.02. The Balaban J connectivity index is 1.76. The first-order valence-corrected chi connectivity index (χ1v) is 9.06. The van der Waals surface area contributed by atoms with Crippen molar-refractivity contribution in [3.8, 4) is 11.8 Å². The van der Waals surface area contributed by atoms with Gasteiger partial charge in [-0.05, 0) is 45.3 Å². The number of piperidine rings is 1. The highest BCUT2D eigenvalue weighted by Crippen LogP contribution is 2.36. The summed E-state index contributed by atoms with van der Waals surface area (Å²) in [6, 6.07) is 7.18. The van der Waals surface area contributed by atoms with Crippen LogP contribution < -0.4 is 10.2 Å². The Hall–Kier alpha value is -2.11. The van der Waals surface area contributed by atoms with E-state index < -0.39 is 30.6 Å². The number of nitrogens with zero attached hydrogens (tertiary/aromatic N) is 2. The van der Waals surface area contributed by atoms with E-state index in [9.17, 15) is 14.4 Å². The molecule has 0 aliphatic carbocycles. The number of likely N-dealkylation sites (tertiary alicyclic amines) is 1. The van der Waals surface area contributed by atoms with Crippen LogP contribution in [0.2, 0.25) is 0 Å². The second kappa shape index (κ2) is 7.14. The first-order chi connectivity index (χ1) is 12.7. The fraction of sp³-hybridized carbons (Fsp3) is 0.579. The largest absolute Gasteiger partial charge is 0.494 e. The molecule has 1 aromatic rings. The molecule has 3 rings (SSSR count). The molecule has 0 bridgehead atoms. The van der Waals surface area contributed by atoms with Crippen molar-refractivity contribution in [3.05, 3.63) is 23.8 Å². The smallest absolute Gasteiger partial charge is 0.486 e. The van der Waals surface area contributed by atoms with Gasteiger partial charge in [0.1, 0.15) is 17.9 Å². The summed E-state index contributed by atoms with van der Waals surface area (Å²) >= 11 is 0. The Bertz CT molecular complexity index is 749. The maximum atomic E-state index is 14.3. The monoisotopic (exact) mass is 374 g/mol. The van der Waals surface area contributed by atoms with E-state index in [1.807, 2.05) is 27.7 Å². The number of hydrogen-bond acceptors (Lipinski definition) is 5. The van der Waals surface area contributed by atoms with Crippen LogP contribution in [-0.2, 0) is 14.1 Å². The van der Waals surface area contributed by atoms with Crippen molar-refractivity contribution in [2.45, 2.75) is 57.6 Å². The minimum Gasteiger partial charge on any atom is -0.486 e. The van der Waals surface area contributed by atoms with Gasteiger partial charge in [0.2, 0.25) is 6.41 Å². The number of alkyl halides is 1. The summed E-state index contributed by atoms with van der Waals surface area (Å²) in [7, 11) is -0.582. The fourth-order valence-electron chi connectivity index (χ4n) is 3.16. The van der Waals surface area contributed by atoms with Crippen molar-refractivity contribution in [3.63, 3.8) is 0 Å². The van der Waals surface area contributed by atoms with Crippen molar-refractivity contribution in [2.24, 2.45) is 0 Å². The third kappa shape index (κ3) is 3.80. The van der Waals surface area contributed by atoms with Gasteiger partial charge >= 0.3 is 7.12 Å². The molecule has 1 amide bonds. The standard InChI is InChI=1S/C19H24BFN2O4/c1-18(2)19(3,4)27-20(26-18)14-5-6-16(13(9-14)10-22)25-17-7-8-23(12-24)11-15(17)21/h5-6,9,12,15,17H,7-8,11H2,1-4H3/t15-,17-/m0/s1. The summed E-state index contributed by atoms with van der Waals surface area (Å²) in [5, 5.41) is 9.51. The van der Waals surface area contributed by atoms with E-state index in [-0.39, 0.29) is 6.54 Å². The number of nitriles is 1. The lowest BCUT2D eigenvalue weighted by molar-refractivity contribution is -0.121. The molecule has 27 heavy (non-hydrogen) atoms. The topological polar surface area (TPSA) is 71.8 Å². The van der Waals surface area contributed by atoms with Gasteiger partial charge in [-0.2, -0.15) is 5.26 Å². The number of ether oxygens (including phenoxy) is 1. The summed E-state index contributed by atoms with van der Waals surface area (Å²) in [6.07, 6.45) is -0.957. The third-order valence-electron chi connectivity index (χ3n) is 5.59. The number of halogens is 1. The number of rotatable bonds is 4.